The minimum atomic E-state index is -0.0453. The highest BCUT2D eigenvalue weighted by Gasteiger charge is 2.22. The molecule has 120 valence electrons. The minimum Gasteiger partial charge on any atom is -0.353 e. The number of urea groups is 1. The van der Waals surface area contributed by atoms with Gasteiger partial charge in [-0.25, -0.2) is 9.78 Å². The first-order chi connectivity index (χ1) is 11.1. The van der Waals surface area contributed by atoms with E-state index in [0.717, 1.165) is 34.6 Å². The molecule has 6 heteroatoms. The summed E-state index contributed by atoms with van der Waals surface area (Å²) in [6.45, 7) is 4.96. The Labute approximate surface area is 144 Å². The third-order valence-corrected chi connectivity index (χ3v) is 4.46. The van der Waals surface area contributed by atoms with Crippen molar-refractivity contribution >= 4 is 33.5 Å². The number of anilines is 2. The first-order valence-corrected chi connectivity index (χ1v) is 8.41. The number of amides is 2. The largest absolute Gasteiger partial charge is 0.353 e. The SMILES string of the molecule is Cc1cc(Br)ccc1NC(=O)N1CCN(c2ccccn2)CC1. The topological polar surface area (TPSA) is 48.5 Å². The van der Waals surface area contributed by atoms with Crippen LogP contribution in [0.5, 0.6) is 0 Å². The van der Waals surface area contributed by atoms with Gasteiger partial charge in [-0.3, -0.25) is 0 Å². The van der Waals surface area contributed by atoms with Gasteiger partial charge in [0.05, 0.1) is 0 Å². The summed E-state index contributed by atoms with van der Waals surface area (Å²) in [5.74, 6) is 0.969. The van der Waals surface area contributed by atoms with Crippen LogP contribution in [0.3, 0.4) is 0 Å². The monoisotopic (exact) mass is 374 g/mol. The number of aromatic nitrogens is 1. The Hall–Kier alpha value is -2.08. The van der Waals surface area contributed by atoms with Crippen LogP contribution in [0.2, 0.25) is 0 Å². The third kappa shape index (κ3) is 3.82. The molecule has 1 aromatic heterocycles. The number of carbonyl (C=O) groups excluding carboxylic acids is 1. The lowest BCUT2D eigenvalue weighted by atomic mass is 10.2. The number of hydrogen-bond acceptors (Lipinski definition) is 3. The van der Waals surface area contributed by atoms with Crippen molar-refractivity contribution in [2.45, 2.75) is 6.92 Å². The quantitative estimate of drug-likeness (QED) is 0.874. The summed E-state index contributed by atoms with van der Waals surface area (Å²) in [5, 5.41) is 2.99. The molecular weight excluding hydrogens is 356 g/mol. The zero-order valence-corrected chi connectivity index (χ0v) is 14.6. The summed E-state index contributed by atoms with van der Waals surface area (Å²) in [7, 11) is 0. The Morgan fingerprint density at radius 3 is 2.61 bits per heavy atom. The van der Waals surface area contributed by atoms with Crippen molar-refractivity contribution in [3.05, 3.63) is 52.6 Å². The summed E-state index contributed by atoms with van der Waals surface area (Å²) in [6, 6.07) is 11.7. The van der Waals surface area contributed by atoms with Gasteiger partial charge in [0, 0.05) is 42.5 Å². The lowest BCUT2D eigenvalue weighted by molar-refractivity contribution is 0.208. The van der Waals surface area contributed by atoms with Crippen molar-refractivity contribution in [3.63, 3.8) is 0 Å². The highest BCUT2D eigenvalue weighted by atomic mass is 79.9. The number of hydrogen-bond donors (Lipinski definition) is 1. The summed E-state index contributed by atoms with van der Waals surface area (Å²) >= 11 is 3.43. The molecule has 1 N–H and O–H groups in total. The van der Waals surface area contributed by atoms with E-state index in [4.69, 9.17) is 0 Å². The maximum Gasteiger partial charge on any atom is 0.321 e. The second-order valence-corrected chi connectivity index (χ2v) is 6.47. The van der Waals surface area contributed by atoms with Gasteiger partial charge >= 0.3 is 6.03 Å². The van der Waals surface area contributed by atoms with Gasteiger partial charge in [0.2, 0.25) is 0 Å². The Balaban J connectivity index is 1.58. The number of rotatable bonds is 2. The third-order valence-electron chi connectivity index (χ3n) is 3.97. The highest BCUT2D eigenvalue weighted by molar-refractivity contribution is 9.10. The van der Waals surface area contributed by atoms with Crippen molar-refractivity contribution in [1.82, 2.24) is 9.88 Å². The molecule has 1 aliphatic heterocycles. The zero-order chi connectivity index (χ0) is 16.2. The lowest BCUT2D eigenvalue weighted by Crippen LogP contribution is -2.50. The standard InChI is InChI=1S/C17H19BrN4O/c1-13-12-14(18)5-6-15(13)20-17(23)22-10-8-21(9-11-22)16-4-2-3-7-19-16/h2-7,12H,8-11H2,1H3,(H,20,23). The molecule has 0 spiro atoms. The average molecular weight is 375 g/mol. The smallest absolute Gasteiger partial charge is 0.321 e. The predicted molar refractivity (Wildman–Crippen MR) is 95.9 cm³/mol. The van der Waals surface area contributed by atoms with Crippen molar-refractivity contribution in [2.24, 2.45) is 0 Å². The second-order valence-electron chi connectivity index (χ2n) is 5.55. The maximum absolute atomic E-state index is 12.4. The number of piperazine rings is 1. The van der Waals surface area contributed by atoms with Crippen LogP contribution in [0.25, 0.3) is 0 Å². The van der Waals surface area contributed by atoms with Crippen LogP contribution in [0.15, 0.2) is 47.1 Å². The van der Waals surface area contributed by atoms with Crippen molar-refractivity contribution in [1.29, 1.82) is 0 Å². The molecule has 23 heavy (non-hydrogen) atoms. The Kier molecular flexibility index (Phi) is 4.81. The van der Waals surface area contributed by atoms with Crippen LogP contribution < -0.4 is 10.2 Å². The Morgan fingerprint density at radius 2 is 1.96 bits per heavy atom. The molecule has 2 aromatic rings. The van der Waals surface area contributed by atoms with Crippen molar-refractivity contribution in [3.8, 4) is 0 Å². The first-order valence-electron chi connectivity index (χ1n) is 7.61. The van der Waals surface area contributed by atoms with E-state index < -0.39 is 0 Å². The van der Waals surface area contributed by atoms with Gasteiger partial charge in [-0.1, -0.05) is 22.0 Å². The summed E-state index contributed by atoms with van der Waals surface area (Å²) < 4.78 is 1.01. The minimum absolute atomic E-state index is 0.0453. The molecule has 0 aliphatic carbocycles. The molecule has 2 amide bonds. The van der Waals surface area contributed by atoms with Crippen molar-refractivity contribution < 1.29 is 4.79 Å². The molecule has 0 radical (unpaired) electrons. The maximum atomic E-state index is 12.4. The molecule has 1 fully saturated rings. The van der Waals surface area contributed by atoms with E-state index in [-0.39, 0.29) is 6.03 Å². The molecule has 0 atom stereocenters. The van der Waals surface area contributed by atoms with Crippen LogP contribution in [0, 0.1) is 6.92 Å². The number of aryl methyl sites for hydroxylation is 1. The molecule has 1 aromatic carbocycles. The summed E-state index contributed by atoms with van der Waals surface area (Å²) in [4.78, 5) is 20.8. The molecule has 0 saturated carbocycles. The van der Waals surface area contributed by atoms with Crippen LogP contribution in [0.1, 0.15) is 5.56 Å². The van der Waals surface area contributed by atoms with E-state index >= 15 is 0 Å². The molecule has 0 bridgehead atoms. The number of halogens is 1. The van der Waals surface area contributed by atoms with E-state index in [0.29, 0.717) is 13.1 Å². The van der Waals surface area contributed by atoms with Crippen LogP contribution >= 0.6 is 15.9 Å². The van der Waals surface area contributed by atoms with Crippen LogP contribution in [-0.2, 0) is 0 Å². The van der Waals surface area contributed by atoms with Gasteiger partial charge < -0.3 is 15.1 Å². The fraction of sp³-hybridized carbons (Fsp3) is 0.294. The van der Waals surface area contributed by atoms with E-state index in [1.807, 2.05) is 48.2 Å². The molecular formula is C17H19BrN4O. The summed E-state index contributed by atoms with van der Waals surface area (Å²) in [5.41, 5.74) is 1.89. The Morgan fingerprint density at radius 1 is 1.17 bits per heavy atom. The highest BCUT2D eigenvalue weighted by Crippen LogP contribution is 2.21. The molecule has 0 unspecified atom stereocenters. The van der Waals surface area contributed by atoms with Gasteiger partial charge in [0.1, 0.15) is 5.82 Å². The Bertz CT molecular complexity index is 684. The molecule has 1 saturated heterocycles. The number of carbonyl (C=O) groups is 1. The average Bonchev–Trinajstić information content (AvgIpc) is 2.58. The van der Waals surface area contributed by atoms with Gasteiger partial charge in [0.15, 0.2) is 0 Å². The van der Waals surface area contributed by atoms with E-state index in [2.05, 4.69) is 31.1 Å². The van der Waals surface area contributed by atoms with E-state index in [1.165, 1.54) is 0 Å². The van der Waals surface area contributed by atoms with Crippen LogP contribution in [0.4, 0.5) is 16.3 Å². The van der Waals surface area contributed by atoms with Gasteiger partial charge in [0.25, 0.3) is 0 Å². The number of pyridine rings is 1. The number of nitrogens with zero attached hydrogens (tertiary/aromatic N) is 3. The van der Waals surface area contributed by atoms with Gasteiger partial charge in [-0.15, -0.1) is 0 Å². The fourth-order valence-electron chi connectivity index (χ4n) is 2.64. The molecule has 1 aliphatic rings. The van der Waals surface area contributed by atoms with E-state index in [1.54, 1.807) is 6.20 Å². The van der Waals surface area contributed by atoms with Crippen molar-refractivity contribution in [2.75, 3.05) is 36.4 Å². The zero-order valence-electron chi connectivity index (χ0n) is 13.0. The summed E-state index contributed by atoms with van der Waals surface area (Å²) in [6.07, 6.45) is 1.80. The van der Waals surface area contributed by atoms with Gasteiger partial charge in [-0.05, 0) is 42.8 Å². The van der Waals surface area contributed by atoms with Crippen LogP contribution in [-0.4, -0.2) is 42.1 Å². The predicted octanol–water partition coefficient (Wildman–Crippen LogP) is 3.51. The first kappa shape index (κ1) is 15.8. The number of nitrogens with one attached hydrogen (secondary N) is 1. The van der Waals surface area contributed by atoms with E-state index in [9.17, 15) is 4.79 Å². The number of benzene rings is 1. The molecule has 5 nitrogen and oxygen atoms in total. The normalized spacial score (nSPS) is 14.7. The fourth-order valence-corrected chi connectivity index (χ4v) is 3.12. The second kappa shape index (κ2) is 7.00. The molecule has 3 rings (SSSR count). The van der Waals surface area contributed by atoms with Gasteiger partial charge in [-0.2, -0.15) is 0 Å². The lowest BCUT2D eigenvalue weighted by Gasteiger charge is -2.35. The molecule has 2 heterocycles.